The summed E-state index contributed by atoms with van der Waals surface area (Å²) >= 11 is 0. The lowest BCUT2D eigenvalue weighted by atomic mass is 9.88. The van der Waals surface area contributed by atoms with Gasteiger partial charge in [-0.15, -0.1) is 0 Å². The van der Waals surface area contributed by atoms with Crippen molar-refractivity contribution in [3.05, 3.63) is 42.5 Å². The molecular weight excluding hydrogens is 278 g/mol. The summed E-state index contributed by atoms with van der Waals surface area (Å²) in [4.78, 5) is 14.4. The Labute approximate surface area is 131 Å². The van der Waals surface area contributed by atoms with Gasteiger partial charge >= 0.3 is 0 Å². The minimum atomic E-state index is 0.0546. The van der Waals surface area contributed by atoms with Crippen LogP contribution in [0.25, 0.3) is 0 Å². The number of hydrogen-bond acceptors (Lipinski definition) is 3. The number of nitrogens with zero attached hydrogens (tertiary/aromatic N) is 1. The Kier molecular flexibility index (Phi) is 4.48. The molecule has 0 aliphatic carbocycles. The third-order valence-electron chi connectivity index (χ3n) is 4.51. The summed E-state index contributed by atoms with van der Waals surface area (Å²) in [5.74, 6) is 1.08. The molecule has 0 radical (unpaired) electrons. The predicted octanol–water partition coefficient (Wildman–Crippen LogP) is 2.78. The fourth-order valence-electron chi connectivity index (χ4n) is 3.38. The summed E-state index contributed by atoms with van der Waals surface area (Å²) in [6, 6.07) is 7.86. The minimum absolute atomic E-state index is 0.0546. The Hall–Kier alpha value is -1.81. The van der Waals surface area contributed by atoms with Crippen molar-refractivity contribution in [1.29, 1.82) is 0 Å². The van der Waals surface area contributed by atoms with E-state index >= 15 is 0 Å². The van der Waals surface area contributed by atoms with E-state index in [1.807, 2.05) is 36.2 Å². The van der Waals surface area contributed by atoms with Gasteiger partial charge in [-0.2, -0.15) is 0 Å². The Morgan fingerprint density at radius 3 is 2.77 bits per heavy atom. The van der Waals surface area contributed by atoms with Crippen molar-refractivity contribution in [2.24, 2.45) is 5.92 Å². The normalized spacial score (nSPS) is 26.0. The van der Waals surface area contributed by atoms with Crippen LogP contribution in [0, 0.1) is 5.92 Å². The first-order valence-electron chi connectivity index (χ1n) is 7.90. The van der Waals surface area contributed by atoms with E-state index < -0.39 is 0 Å². The Bertz CT molecular complexity index is 540. The van der Waals surface area contributed by atoms with Gasteiger partial charge in [-0.25, -0.2) is 0 Å². The number of ether oxygens (including phenoxy) is 2. The highest BCUT2D eigenvalue weighted by Gasteiger charge is 2.45. The maximum absolute atomic E-state index is 12.6. The molecule has 0 unspecified atom stereocenters. The van der Waals surface area contributed by atoms with E-state index in [1.54, 1.807) is 6.08 Å². The van der Waals surface area contributed by atoms with Crippen LogP contribution in [0.2, 0.25) is 0 Å². The standard InChI is InChI=1S/C18H23NO3/c1-3-10-21-14-6-4-13(5-7-14)12-19(2)18(20)16-11-15-8-9-17(16)22-15/h3-7,15-17H,1,8-12H2,2H3/t15-,16-,17-/m1/s1. The van der Waals surface area contributed by atoms with Crippen LogP contribution < -0.4 is 4.74 Å². The first-order valence-corrected chi connectivity index (χ1v) is 7.90. The molecule has 4 nitrogen and oxygen atoms in total. The molecule has 0 N–H and O–H groups in total. The predicted molar refractivity (Wildman–Crippen MR) is 84.6 cm³/mol. The molecular formula is C18H23NO3. The van der Waals surface area contributed by atoms with Crippen LogP contribution in [0.1, 0.15) is 24.8 Å². The smallest absolute Gasteiger partial charge is 0.228 e. The Morgan fingerprint density at radius 2 is 2.18 bits per heavy atom. The van der Waals surface area contributed by atoms with Crippen LogP contribution in [0.5, 0.6) is 5.75 Å². The van der Waals surface area contributed by atoms with Gasteiger partial charge in [-0.1, -0.05) is 24.8 Å². The average Bonchev–Trinajstić information content (AvgIpc) is 3.16. The molecule has 4 heteroatoms. The first kappa shape index (κ1) is 15.1. The van der Waals surface area contributed by atoms with Crippen molar-refractivity contribution >= 4 is 5.91 Å². The second-order valence-electron chi connectivity index (χ2n) is 6.15. The van der Waals surface area contributed by atoms with Crippen molar-refractivity contribution in [2.75, 3.05) is 13.7 Å². The maximum atomic E-state index is 12.6. The van der Waals surface area contributed by atoms with Gasteiger partial charge in [0.15, 0.2) is 0 Å². The molecule has 2 saturated heterocycles. The molecule has 22 heavy (non-hydrogen) atoms. The van der Waals surface area contributed by atoms with Crippen molar-refractivity contribution in [3.8, 4) is 5.75 Å². The zero-order chi connectivity index (χ0) is 15.5. The van der Waals surface area contributed by atoms with E-state index in [0.717, 1.165) is 30.6 Å². The number of rotatable bonds is 6. The Balaban J connectivity index is 1.55. The molecule has 1 amide bonds. The molecule has 0 aromatic heterocycles. The van der Waals surface area contributed by atoms with Crippen LogP contribution in [0.3, 0.4) is 0 Å². The van der Waals surface area contributed by atoms with Crippen LogP contribution >= 0.6 is 0 Å². The van der Waals surface area contributed by atoms with Crippen LogP contribution in [-0.2, 0) is 16.1 Å². The van der Waals surface area contributed by atoms with E-state index in [2.05, 4.69) is 6.58 Å². The summed E-state index contributed by atoms with van der Waals surface area (Å²) in [6.45, 7) is 4.75. The fourth-order valence-corrected chi connectivity index (χ4v) is 3.38. The van der Waals surface area contributed by atoms with E-state index in [4.69, 9.17) is 9.47 Å². The topological polar surface area (TPSA) is 38.8 Å². The van der Waals surface area contributed by atoms with Crippen molar-refractivity contribution in [3.63, 3.8) is 0 Å². The van der Waals surface area contributed by atoms with Gasteiger partial charge in [0.25, 0.3) is 0 Å². The van der Waals surface area contributed by atoms with Gasteiger partial charge in [0, 0.05) is 13.6 Å². The van der Waals surface area contributed by atoms with Gasteiger partial charge < -0.3 is 14.4 Å². The molecule has 0 spiro atoms. The second kappa shape index (κ2) is 6.53. The molecule has 1 aromatic rings. The molecule has 2 heterocycles. The molecule has 1 aromatic carbocycles. The monoisotopic (exact) mass is 301 g/mol. The van der Waals surface area contributed by atoms with Crippen molar-refractivity contribution in [1.82, 2.24) is 4.90 Å². The SMILES string of the molecule is C=CCOc1ccc(CN(C)C(=O)[C@@H]2C[C@H]3CC[C@H]2O3)cc1. The number of fused-ring (bicyclic) bond motifs is 2. The highest BCUT2D eigenvalue weighted by atomic mass is 16.5. The summed E-state index contributed by atoms with van der Waals surface area (Å²) in [5, 5.41) is 0. The van der Waals surface area contributed by atoms with Gasteiger partial charge in [-0.05, 0) is 37.0 Å². The van der Waals surface area contributed by atoms with Crippen LogP contribution in [0.4, 0.5) is 0 Å². The van der Waals surface area contributed by atoms with Gasteiger partial charge in [0.1, 0.15) is 12.4 Å². The van der Waals surface area contributed by atoms with E-state index in [-0.39, 0.29) is 17.9 Å². The zero-order valence-corrected chi connectivity index (χ0v) is 13.0. The minimum Gasteiger partial charge on any atom is -0.490 e. The molecule has 2 bridgehead atoms. The summed E-state index contributed by atoms with van der Waals surface area (Å²) in [6.07, 6.45) is 5.22. The lowest BCUT2D eigenvalue weighted by Gasteiger charge is -2.25. The highest BCUT2D eigenvalue weighted by molar-refractivity contribution is 5.79. The van der Waals surface area contributed by atoms with Gasteiger partial charge in [0.05, 0.1) is 18.1 Å². The molecule has 3 atom stereocenters. The molecule has 2 aliphatic rings. The van der Waals surface area contributed by atoms with E-state index in [0.29, 0.717) is 19.3 Å². The number of hydrogen-bond donors (Lipinski definition) is 0. The Morgan fingerprint density at radius 1 is 1.41 bits per heavy atom. The lowest BCUT2D eigenvalue weighted by molar-refractivity contribution is -0.136. The number of amides is 1. The average molecular weight is 301 g/mol. The highest BCUT2D eigenvalue weighted by Crippen LogP contribution is 2.39. The van der Waals surface area contributed by atoms with Gasteiger partial charge in [0.2, 0.25) is 5.91 Å². The van der Waals surface area contributed by atoms with E-state index in [1.165, 1.54) is 0 Å². The molecule has 118 valence electrons. The molecule has 3 rings (SSSR count). The van der Waals surface area contributed by atoms with Crippen LogP contribution in [0.15, 0.2) is 36.9 Å². The largest absolute Gasteiger partial charge is 0.490 e. The number of carbonyl (C=O) groups is 1. The molecule has 2 fully saturated rings. The summed E-state index contributed by atoms with van der Waals surface area (Å²) in [5.41, 5.74) is 1.10. The number of benzene rings is 1. The quantitative estimate of drug-likeness (QED) is 0.758. The fraction of sp³-hybridized carbons (Fsp3) is 0.500. The third-order valence-corrected chi connectivity index (χ3v) is 4.51. The first-order chi connectivity index (χ1) is 10.7. The van der Waals surface area contributed by atoms with Gasteiger partial charge in [-0.3, -0.25) is 4.79 Å². The summed E-state index contributed by atoms with van der Waals surface area (Å²) < 4.78 is 11.2. The summed E-state index contributed by atoms with van der Waals surface area (Å²) in [7, 11) is 1.87. The zero-order valence-electron chi connectivity index (χ0n) is 13.0. The van der Waals surface area contributed by atoms with Crippen LogP contribution in [-0.4, -0.2) is 36.7 Å². The number of carbonyl (C=O) groups excluding carboxylic acids is 1. The van der Waals surface area contributed by atoms with Crippen molar-refractivity contribution in [2.45, 2.75) is 38.0 Å². The second-order valence-corrected chi connectivity index (χ2v) is 6.15. The van der Waals surface area contributed by atoms with Crippen molar-refractivity contribution < 1.29 is 14.3 Å². The maximum Gasteiger partial charge on any atom is 0.228 e. The molecule has 0 saturated carbocycles. The third kappa shape index (κ3) is 3.17. The van der Waals surface area contributed by atoms with E-state index in [9.17, 15) is 4.79 Å². The molecule has 2 aliphatic heterocycles. The lowest BCUT2D eigenvalue weighted by Crippen LogP contribution is -2.37.